The third-order valence-electron chi connectivity index (χ3n) is 4.69. The molecule has 2 amide bonds. The van der Waals surface area contributed by atoms with E-state index in [0.717, 1.165) is 30.8 Å². The normalized spacial score (nSPS) is 23.5. The van der Waals surface area contributed by atoms with Gasteiger partial charge in [0.2, 0.25) is 11.8 Å². The van der Waals surface area contributed by atoms with Gasteiger partial charge in [-0.2, -0.15) is 0 Å². The number of hydrogen-bond acceptors (Lipinski definition) is 4. The zero-order valence-electron chi connectivity index (χ0n) is 14.0. The average molecular weight is 332 g/mol. The molecular weight excluding hydrogens is 308 g/mol. The summed E-state index contributed by atoms with van der Waals surface area (Å²) in [6.45, 7) is 1.68. The van der Waals surface area contributed by atoms with E-state index in [1.54, 1.807) is 12.0 Å². The molecule has 6 nitrogen and oxygen atoms in total. The van der Waals surface area contributed by atoms with E-state index in [2.05, 4.69) is 5.32 Å². The third-order valence-corrected chi connectivity index (χ3v) is 4.69. The van der Waals surface area contributed by atoms with E-state index in [0.29, 0.717) is 25.9 Å². The van der Waals surface area contributed by atoms with Gasteiger partial charge in [-0.05, 0) is 25.3 Å². The van der Waals surface area contributed by atoms with Crippen molar-refractivity contribution in [3.05, 3.63) is 29.8 Å². The van der Waals surface area contributed by atoms with Gasteiger partial charge in [-0.3, -0.25) is 9.59 Å². The molecule has 2 atom stereocenters. The Balaban J connectivity index is 1.63. The number of amides is 2. The lowest BCUT2D eigenvalue weighted by Crippen LogP contribution is -2.46. The van der Waals surface area contributed by atoms with E-state index < -0.39 is 6.04 Å². The maximum atomic E-state index is 12.5. The summed E-state index contributed by atoms with van der Waals surface area (Å²) >= 11 is 0. The summed E-state index contributed by atoms with van der Waals surface area (Å²) in [7, 11) is 1.61. The van der Waals surface area contributed by atoms with Crippen LogP contribution in [0.15, 0.2) is 24.3 Å². The van der Waals surface area contributed by atoms with Crippen molar-refractivity contribution in [3.8, 4) is 5.75 Å². The minimum Gasteiger partial charge on any atom is -0.496 e. The SMILES string of the molecule is COc1ccccc1CN1C(=O)CC[C@@H]1C(=O)NC[C@@H]1CCCO1. The largest absolute Gasteiger partial charge is 0.496 e. The van der Waals surface area contributed by atoms with Crippen molar-refractivity contribution in [1.29, 1.82) is 0 Å². The fourth-order valence-corrected chi connectivity index (χ4v) is 3.36. The molecule has 1 aromatic carbocycles. The van der Waals surface area contributed by atoms with Crippen LogP contribution in [0.4, 0.5) is 0 Å². The molecule has 0 bridgehead atoms. The number of rotatable bonds is 6. The Morgan fingerprint density at radius 3 is 2.96 bits per heavy atom. The van der Waals surface area contributed by atoms with E-state index in [9.17, 15) is 9.59 Å². The maximum absolute atomic E-state index is 12.5. The van der Waals surface area contributed by atoms with E-state index in [1.165, 1.54) is 0 Å². The summed E-state index contributed by atoms with van der Waals surface area (Å²) in [6, 6.07) is 7.17. The topological polar surface area (TPSA) is 67.9 Å². The predicted octanol–water partition coefficient (Wildman–Crippen LogP) is 1.48. The van der Waals surface area contributed by atoms with Crippen molar-refractivity contribution in [2.75, 3.05) is 20.3 Å². The van der Waals surface area contributed by atoms with Crippen molar-refractivity contribution in [2.24, 2.45) is 0 Å². The second-order valence-electron chi connectivity index (χ2n) is 6.27. The van der Waals surface area contributed by atoms with Gasteiger partial charge in [0.05, 0.1) is 19.8 Å². The van der Waals surface area contributed by atoms with Crippen LogP contribution >= 0.6 is 0 Å². The molecule has 1 aromatic rings. The fourth-order valence-electron chi connectivity index (χ4n) is 3.36. The molecule has 2 aliphatic heterocycles. The van der Waals surface area contributed by atoms with E-state index in [-0.39, 0.29) is 17.9 Å². The van der Waals surface area contributed by atoms with Crippen molar-refractivity contribution in [3.63, 3.8) is 0 Å². The van der Waals surface area contributed by atoms with Crippen LogP contribution in [0.5, 0.6) is 5.75 Å². The first-order valence-corrected chi connectivity index (χ1v) is 8.49. The van der Waals surface area contributed by atoms with Gasteiger partial charge in [-0.15, -0.1) is 0 Å². The number of hydrogen-bond donors (Lipinski definition) is 1. The highest BCUT2D eigenvalue weighted by molar-refractivity contribution is 5.90. The number of likely N-dealkylation sites (tertiary alicyclic amines) is 1. The van der Waals surface area contributed by atoms with Crippen LogP contribution in [-0.2, 0) is 20.9 Å². The molecule has 0 spiro atoms. The summed E-state index contributed by atoms with van der Waals surface area (Å²) in [5.74, 6) is 0.653. The molecule has 0 aromatic heterocycles. The summed E-state index contributed by atoms with van der Waals surface area (Å²) in [6.07, 6.45) is 3.10. The highest BCUT2D eigenvalue weighted by atomic mass is 16.5. The van der Waals surface area contributed by atoms with Crippen LogP contribution in [0.2, 0.25) is 0 Å². The first-order valence-electron chi connectivity index (χ1n) is 8.49. The van der Waals surface area contributed by atoms with Crippen molar-refractivity contribution >= 4 is 11.8 Å². The quantitative estimate of drug-likeness (QED) is 0.857. The Morgan fingerprint density at radius 1 is 1.38 bits per heavy atom. The van der Waals surface area contributed by atoms with Gasteiger partial charge < -0.3 is 19.7 Å². The number of methoxy groups -OCH3 is 1. The number of benzene rings is 1. The Labute approximate surface area is 142 Å². The van der Waals surface area contributed by atoms with Gasteiger partial charge in [0.15, 0.2) is 0 Å². The van der Waals surface area contributed by atoms with Gasteiger partial charge in [0, 0.05) is 25.1 Å². The van der Waals surface area contributed by atoms with Crippen molar-refractivity contribution in [2.45, 2.75) is 44.4 Å². The fraction of sp³-hybridized carbons (Fsp3) is 0.556. The smallest absolute Gasteiger partial charge is 0.242 e. The van der Waals surface area contributed by atoms with Gasteiger partial charge in [-0.1, -0.05) is 18.2 Å². The Hall–Kier alpha value is -2.08. The van der Waals surface area contributed by atoms with E-state index >= 15 is 0 Å². The van der Waals surface area contributed by atoms with Gasteiger partial charge in [-0.25, -0.2) is 0 Å². The molecule has 1 N–H and O–H groups in total. The standard InChI is InChI=1S/C18H24N2O4/c1-23-16-7-3-2-5-13(16)12-20-15(8-9-17(20)21)18(22)19-11-14-6-4-10-24-14/h2-3,5,7,14-15H,4,6,8-12H2,1H3,(H,19,22)/t14-,15+/m0/s1. The lowest BCUT2D eigenvalue weighted by molar-refractivity contribution is -0.136. The lowest BCUT2D eigenvalue weighted by Gasteiger charge is -2.25. The van der Waals surface area contributed by atoms with Crippen molar-refractivity contribution < 1.29 is 19.1 Å². The van der Waals surface area contributed by atoms with E-state index in [1.807, 2.05) is 24.3 Å². The number of para-hydroxylation sites is 1. The third kappa shape index (κ3) is 3.70. The highest BCUT2D eigenvalue weighted by Gasteiger charge is 2.36. The molecule has 0 aliphatic carbocycles. The lowest BCUT2D eigenvalue weighted by atomic mass is 10.1. The van der Waals surface area contributed by atoms with Crippen LogP contribution in [0.25, 0.3) is 0 Å². The number of ether oxygens (including phenoxy) is 2. The van der Waals surface area contributed by atoms with Crippen LogP contribution < -0.4 is 10.1 Å². The monoisotopic (exact) mass is 332 g/mol. The van der Waals surface area contributed by atoms with Crippen LogP contribution in [-0.4, -0.2) is 49.1 Å². The summed E-state index contributed by atoms with van der Waals surface area (Å²) in [5, 5.41) is 2.94. The van der Waals surface area contributed by atoms with Crippen LogP contribution in [0.3, 0.4) is 0 Å². The summed E-state index contributed by atoms with van der Waals surface area (Å²) in [5.41, 5.74) is 0.909. The number of carbonyl (C=O) groups is 2. The second kappa shape index (κ2) is 7.66. The zero-order valence-corrected chi connectivity index (χ0v) is 14.0. The van der Waals surface area contributed by atoms with E-state index in [4.69, 9.17) is 9.47 Å². The molecule has 2 aliphatic rings. The molecule has 6 heteroatoms. The highest BCUT2D eigenvalue weighted by Crippen LogP contribution is 2.26. The molecular formula is C18H24N2O4. The molecule has 130 valence electrons. The first kappa shape index (κ1) is 16.8. The molecule has 2 saturated heterocycles. The van der Waals surface area contributed by atoms with Crippen LogP contribution in [0.1, 0.15) is 31.2 Å². The molecule has 3 rings (SSSR count). The molecule has 2 fully saturated rings. The minimum atomic E-state index is -0.413. The molecule has 2 heterocycles. The molecule has 0 radical (unpaired) electrons. The second-order valence-corrected chi connectivity index (χ2v) is 6.27. The first-order chi connectivity index (χ1) is 11.7. The predicted molar refractivity (Wildman–Crippen MR) is 88.5 cm³/mol. The molecule has 24 heavy (non-hydrogen) atoms. The van der Waals surface area contributed by atoms with Gasteiger partial charge in [0.1, 0.15) is 11.8 Å². The Kier molecular flexibility index (Phi) is 5.35. The summed E-state index contributed by atoms with van der Waals surface area (Å²) in [4.78, 5) is 26.4. The summed E-state index contributed by atoms with van der Waals surface area (Å²) < 4.78 is 10.9. The number of nitrogens with zero attached hydrogens (tertiary/aromatic N) is 1. The molecule has 0 unspecified atom stereocenters. The van der Waals surface area contributed by atoms with Gasteiger partial charge >= 0.3 is 0 Å². The Bertz CT molecular complexity index is 598. The average Bonchev–Trinajstić information content (AvgIpc) is 3.24. The van der Waals surface area contributed by atoms with Crippen molar-refractivity contribution in [1.82, 2.24) is 10.2 Å². The minimum absolute atomic E-state index is 0.0122. The van der Waals surface area contributed by atoms with Gasteiger partial charge in [0.25, 0.3) is 0 Å². The number of carbonyl (C=O) groups excluding carboxylic acids is 2. The molecule has 0 saturated carbocycles. The zero-order chi connectivity index (χ0) is 16.9. The number of nitrogens with one attached hydrogen (secondary N) is 1. The van der Waals surface area contributed by atoms with Crippen LogP contribution in [0, 0.1) is 0 Å². The maximum Gasteiger partial charge on any atom is 0.242 e. The Morgan fingerprint density at radius 2 is 2.21 bits per heavy atom.